The fourth-order valence-corrected chi connectivity index (χ4v) is 5.24. The highest BCUT2D eigenvalue weighted by Crippen LogP contribution is 2.33. The smallest absolute Gasteiger partial charge is 0.251 e. The molecule has 0 bridgehead atoms. The van der Waals surface area contributed by atoms with Crippen molar-refractivity contribution in [3.63, 3.8) is 0 Å². The third-order valence-electron chi connectivity index (χ3n) is 4.69. The number of benzene rings is 1. The van der Waals surface area contributed by atoms with Crippen LogP contribution in [-0.4, -0.2) is 44.6 Å². The third-order valence-corrected chi connectivity index (χ3v) is 6.74. The highest BCUT2D eigenvalue weighted by Gasteiger charge is 2.26. The molecule has 1 saturated heterocycles. The molecule has 1 aliphatic heterocycles. The Hall–Kier alpha value is -2.19. The first-order valence-corrected chi connectivity index (χ1v) is 10.7. The largest absolute Gasteiger partial charge is 0.342 e. The number of aromatic amines is 1. The monoisotopic (exact) mass is 400 g/mol. The number of thiazole rings is 1. The Bertz CT molecular complexity index is 989. The van der Waals surface area contributed by atoms with Gasteiger partial charge < -0.3 is 9.88 Å². The molecule has 0 aliphatic carbocycles. The zero-order chi connectivity index (χ0) is 18.8. The average molecular weight is 401 g/mol. The van der Waals surface area contributed by atoms with E-state index >= 15 is 0 Å². The number of H-pyrrole nitrogens is 1. The van der Waals surface area contributed by atoms with Crippen LogP contribution in [0.3, 0.4) is 0 Å². The van der Waals surface area contributed by atoms with Crippen LogP contribution >= 0.6 is 23.1 Å². The van der Waals surface area contributed by atoms with Gasteiger partial charge in [-0.3, -0.25) is 9.59 Å². The number of thioether (sulfide) groups is 1. The molecule has 0 saturated carbocycles. The highest BCUT2D eigenvalue weighted by atomic mass is 32.2. The molecule has 0 atom stereocenters. The summed E-state index contributed by atoms with van der Waals surface area (Å²) >= 11 is 3.05. The molecule has 1 aromatic carbocycles. The molecule has 8 heteroatoms. The number of nitrogens with one attached hydrogen (secondary N) is 1. The van der Waals surface area contributed by atoms with Gasteiger partial charge in [0.2, 0.25) is 5.91 Å². The summed E-state index contributed by atoms with van der Waals surface area (Å²) in [6.07, 6.45) is 1.88. The predicted octanol–water partition coefficient (Wildman–Crippen LogP) is 3.19. The van der Waals surface area contributed by atoms with Gasteiger partial charge in [-0.15, -0.1) is 11.3 Å². The van der Waals surface area contributed by atoms with Crippen LogP contribution in [0.1, 0.15) is 29.5 Å². The average Bonchev–Trinajstić information content (AvgIpc) is 3.10. The Morgan fingerprint density at radius 2 is 2.07 bits per heavy atom. The SMILES string of the molecule is Cc1cc(=O)[nH]c(SCC(=O)N2CCC(c3nc4ccccc4s3)CC2)n1. The Morgan fingerprint density at radius 3 is 2.81 bits per heavy atom. The molecule has 140 valence electrons. The van der Waals surface area contributed by atoms with Gasteiger partial charge in [-0.05, 0) is 31.9 Å². The van der Waals surface area contributed by atoms with E-state index in [1.54, 1.807) is 18.3 Å². The summed E-state index contributed by atoms with van der Waals surface area (Å²) < 4.78 is 1.22. The normalized spacial score (nSPS) is 15.4. The summed E-state index contributed by atoms with van der Waals surface area (Å²) in [6.45, 7) is 3.27. The van der Waals surface area contributed by atoms with E-state index < -0.39 is 0 Å². The van der Waals surface area contributed by atoms with Crippen LogP contribution in [0.25, 0.3) is 10.2 Å². The van der Waals surface area contributed by atoms with Gasteiger partial charge in [0.25, 0.3) is 5.56 Å². The molecule has 1 amide bonds. The zero-order valence-electron chi connectivity index (χ0n) is 15.0. The van der Waals surface area contributed by atoms with E-state index in [9.17, 15) is 9.59 Å². The van der Waals surface area contributed by atoms with Gasteiger partial charge >= 0.3 is 0 Å². The fourth-order valence-electron chi connectivity index (χ4n) is 3.28. The molecule has 6 nitrogen and oxygen atoms in total. The standard InChI is InChI=1S/C19H20N4O2S2/c1-12-10-16(24)22-19(20-12)26-11-17(25)23-8-6-13(7-9-23)18-21-14-4-2-3-5-15(14)27-18/h2-5,10,13H,6-9,11H2,1H3,(H,20,22,24). The van der Waals surface area contributed by atoms with Crippen molar-refractivity contribution >= 4 is 39.2 Å². The summed E-state index contributed by atoms with van der Waals surface area (Å²) in [5.74, 6) is 0.805. The first-order chi connectivity index (χ1) is 13.1. The molecule has 0 spiro atoms. The van der Waals surface area contributed by atoms with Crippen molar-refractivity contribution in [3.8, 4) is 0 Å². The number of rotatable bonds is 4. The highest BCUT2D eigenvalue weighted by molar-refractivity contribution is 7.99. The quantitative estimate of drug-likeness (QED) is 0.537. The van der Waals surface area contributed by atoms with Crippen LogP contribution in [0.15, 0.2) is 40.3 Å². The number of hydrogen-bond donors (Lipinski definition) is 1. The minimum atomic E-state index is -0.186. The van der Waals surface area contributed by atoms with Crippen molar-refractivity contribution in [1.29, 1.82) is 0 Å². The number of hydrogen-bond acceptors (Lipinski definition) is 6. The number of likely N-dealkylation sites (tertiary alicyclic amines) is 1. The minimum absolute atomic E-state index is 0.0897. The van der Waals surface area contributed by atoms with Gasteiger partial charge in [-0.25, -0.2) is 9.97 Å². The number of carbonyl (C=O) groups excluding carboxylic acids is 1. The molecule has 3 heterocycles. The lowest BCUT2D eigenvalue weighted by Gasteiger charge is -2.31. The van der Waals surface area contributed by atoms with Crippen molar-refractivity contribution in [2.45, 2.75) is 30.8 Å². The van der Waals surface area contributed by atoms with Crippen molar-refractivity contribution in [2.24, 2.45) is 0 Å². The first-order valence-electron chi connectivity index (χ1n) is 8.92. The summed E-state index contributed by atoms with van der Waals surface area (Å²) in [6, 6.07) is 9.66. The third kappa shape index (κ3) is 4.22. The summed E-state index contributed by atoms with van der Waals surface area (Å²) in [4.78, 5) is 37.6. The van der Waals surface area contributed by atoms with Gasteiger partial charge in [-0.1, -0.05) is 23.9 Å². The second kappa shape index (κ2) is 7.82. The number of amides is 1. The lowest BCUT2D eigenvalue weighted by molar-refractivity contribution is -0.129. The van der Waals surface area contributed by atoms with Crippen molar-refractivity contribution < 1.29 is 4.79 Å². The molecule has 0 radical (unpaired) electrons. The maximum absolute atomic E-state index is 12.5. The topological polar surface area (TPSA) is 79.0 Å². The molecule has 0 unspecified atom stereocenters. The molecule has 1 fully saturated rings. The number of aromatic nitrogens is 3. The second-order valence-corrected chi connectivity index (χ2v) is 8.68. The number of nitrogens with zero attached hydrogens (tertiary/aromatic N) is 3. The van der Waals surface area contributed by atoms with Crippen LogP contribution in [-0.2, 0) is 4.79 Å². The molecule has 4 rings (SSSR count). The summed E-state index contributed by atoms with van der Waals surface area (Å²) in [5.41, 5.74) is 1.53. The van der Waals surface area contributed by atoms with Crippen LogP contribution in [0.4, 0.5) is 0 Å². The lowest BCUT2D eigenvalue weighted by Crippen LogP contribution is -2.39. The Balaban J connectivity index is 1.33. The summed E-state index contributed by atoms with van der Waals surface area (Å²) in [7, 11) is 0. The van der Waals surface area contributed by atoms with Crippen LogP contribution in [0.5, 0.6) is 0 Å². The molecule has 3 aromatic rings. The van der Waals surface area contributed by atoms with E-state index in [1.807, 2.05) is 17.0 Å². The number of piperidine rings is 1. The molecular weight excluding hydrogens is 380 g/mol. The molecular formula is C19H20N4O2S2. The number of para-hydroxylation sites is 1. The van der Waals surface area contributed by atoms with Crippen LogP contribution in [0.2, 0.25) is 0 Å². The van der Waals surface area contributed by atoms with Gasteiger partial charge in [-0.2, -0.15) is 0 Å². The minimum Gasteiger partial charge on any atom is -0.342 e. The van der Waals surface area contributed by atoms with Crippen molar-refractivity contribution in [1.82, 2.24) is 19.9 Å². The summed E-state index contributed by atoms with van der Waals surface area (Å²) in [5, 5.41) is 1.68. The van der Waals surface area contributed by atoms with Crippen molar-refractivity contribution in [2.75, 3.05) is 18.8 Å². The van der Waals surface area contributed by atoms with E-state index in [-0.39, 0.29) is 17.2 Å². The van der Waals surface area contributed by atoms with E-state index in [2.05, 4.69) is 22.1 Å². The molecule has 1 N–H and O–H groups in total. The Morgan fingerprint density at radius 1 is 1.30 bits per heavy atom. The number of aryl methyl sites for hydroxylation is 1. The molecule has 1 aliphatic rings. The van der Waals surface area contributed by atoms with Crippen molar-refractivity contribution in [3.05, 3.63) is 51.4 Å². The Labute approximate surface area is 165 Å². The maximum Gasteiger partial charge on any atom is 0.251 e. The van der Waals surface area contributed by atoms with Gasteiger partial charge in [0.15, 0.2) is 5.16 Å². The Kier molecular flexibility index (Phi) is 5.27. The van der Waals surface area contributed by atoms with Crippen LogP contribution in [0, 0.1) is 6.92 Å². The molecule has 2 aromatic heterocycles. The zero-order valence-corrected chi connectivity index (χ0v) is 16.6. The second-order valence-electron chi connectivity index (χ2n) is 6.66. The fraction of sp³-hybridized carbons (Fsp3) is 0.368. The van der Waals surface area contributed by atoms with E-state index in [0.29, 0.717) is 16.8 Å². The maximum atomic E-state index is 12.5. The lowest BCUT2D eigenvalue weighted by atomic mass is 9.97. The van der Waals surface area contributed by atoms with Crippen LogP contribution < -0.4 is 5.56 Å². The van der Waals surface area contributed by atoms with E-state index in [1.165, 1.54) is 27.5 Å². The molecule has 27 heavy (non-hydrogen) atoms. The van der Waals surface area contributed by atoms with E-state index in [0.717, 1.165) is 31.4 Å². The van der Waals surface area contributed by atoms with Gasteiger partial charge in [0.05, 0.1) is 21.0 Å². The predicted molar refractivity (Wildman–Crippen MR) is 108 cm³/mol. The number of carbonyl (C=O) groups is 1. The number of fused-ring (bicyclic) bond motifs is 1. The van der Waals surface area contributed by atoms with Gasteiger partial charge in [0, 0.05) is 30.8 Å². The van der Waals surface area contributed by atoms with E-state index in [4.69, 9.17) is 4.98 Å². The van der Waals surface area contributed by atoms with Gasteiger partial charge in [0.1, 0.15) is 0 Å². The first kappa shape index (κ1) is 18.2.